The molecule has 4 heteroatoms. The second kappa shape index (κ2) is 4.27. The lowest BCUT2D eigenvalue weighted by molar-refractivity contribution is 0.157. The van der Waals surface area contributed by atoms with E-state index in [0.29, 0.717) is 0 Å². The van der Waals surface area contributed by atoms with Gasteiger partial charge in [-0.3, -0.25) is 0 Å². The molecule has 17 heavy (non-hydrogen) atoms. The van der Waals surface area contributed by atoms with E-state index in [2.05, 4.69) is 27.3 Å². The Balaban J connectivity index is 1.85. The molecule has 0 amide bonds. The first-order valence-corrected chi connectivity index (χ1v) is 6.88. The summed E-state index contributed by atoms with van der Waals surface area (Å²) in [6.07, 6.45) is 7.06. The second-order valence-electron chi connectivity index (χ2n) is 4.70. The van der Waals surface area contributed by atoms with Gasteiger partial charge in [-0.2, -0.15) is 0 Å². The predicted molar refractivity (Wildman–Crippen MR) is 68.3 cm³/mol. The Hall–Kier alpha value is -1.13. The number of hydrogen-bond donors (Lipinski definition) is 1. The molecule has 2 aromatic heterocycles. The lowest BCUT2D eigenvalue weighted by Gasteiger charge is -2.16. The Kier molecular flexibility index (Phi) is 2.76. The average Bonchev–Trinajstić information content (AvgIpc) is 2.86. The Labute approximate surface area is 105 Å². The highest BCUT2D eigenvalue weighted by molar-refractivity contribution is 7.09. The maximum atomic E-state index is 9.92. The highest BCUT2D eigenvalue weighted by Crippen LogP contribution is 2.30. The van der Waals surface area contributed by atoms with Gasteiger partial charge in [-0.25, -0.2) is 4.98 Å². The van der Waals surface area contributed by atoms with Gasteiger partial charge >= 0.3 is 0 Å². The summed E-state index contributed by atoms with van der Waals surface area (Å²) >= 11 is 1.70. The summed E-state index contributed by atoms with van der Waals surface area (Å²) in [5.74, 6) is 0. The fourth-order valence-electron chi connectivity index (χ4n) is 2.45. The van der Waals surface area contributed by atoms with Crippen LogP contribution in [0.4, 0.5) is 0 Å². The van der Waals surface area contributed by atoms with Crippen LogP contribution in [0.1, 0.15) is 40.8 Å². The van der Waals surface area contributed by atoms with Gasteiger partial charge < -0.3 is 9.67 Å². The van der Waals surface area contributed by atoms with Gasteiger partial charge in [-0.1, -0.05) is 0 Å². The Morgan fingerprint density at radius 2 is 2.41 bits per heavy atom. The molecule has 0 bridgehead atoms. The van der Waals surface area contributed by atoms with Crippen LogP contribution in [0.5, 0.6) is 0 Å². The third-order valence-corrected chi connectivity index (χ3v) is 4.22. The number of fused-ring (bicyclic) bond motifs is 1. The third kappa shape index (κ3) is 2.15. The highest BCUT2D eigenvalue weighted by atomic mass is 32.1. The van der Waals surface area contributed by atoms with Crippen molar-refractivity contribution in [3.8, 4) is 0 Å². The van der Waals surface area contributed by atoms with Crippen molar-refractivity contribution in [3.63, 3.8) is 0 Å². The van der Waals surface area contributed by atoms with E-state index >= 15 is 0 Å². The zero-order chi connectivity index (χ0) is 11.8. The summed E-state index contributed by atoms with van der Waals surface area (Å²) in [6, 6.07) is 0. The quantitative estimate of drug-likeness (QED) is 0.887. The SMILES string of the molecule is Cc1csc(Cn2cc3c(c2)C(O)CCC3)n1. The van der Waals surface area contributed by atoms with Gasteiger partial charge in [0.25, 0.3) is 0 Å². The number of aliphatic hydroxyl groups excluding tert-OH is 1. The van der Waals surface area contributed by atoms with E-state index in [1.807, 2.05) is 6.92 Å². The summed E-state index contributed by atoms with van der Waals surface area (Å²) < 4.78 is 2.15. The number of hydrogen-bond acceptors (Lipinski definition) is 3. The van der Waals surface area contributed by atoms with Gasteiger partial charge in [-0.15, -0.1) is 11.3 Å². The summed E-state index contributed by atoms with van der Waals surface area (Å²) in [5, 5.41) is 13.1. The van der Waals surface area contributed by atoms with Crippen molar-refractivity contribution in [1.29, 1.82) is 0 Å². The van der Waals surface area contributed by atoms with Crippen LogP contribution in [-0.4, -0.2) is 14.7 Å². The minimum Gasteiger partial charge on any atom is -0.388 e. The van der Waals surface area contributed by atoms with Crippen molar-refractivity contribution < 1.29 is 5.11 Å². The number of nitrogens with zero attached hydrogens (tertiary/aromatic N) is 2. The summed E-state index contributed by atoms with van der Waals surface area (Å²) in [6.45, 7) is 2.84. The summed E-state index contributed by atoms with van der Waals surface area (Å²) in [5.41, 5.74) is 3.50. The topological polar surface area (TPSA) is 38.0 Å². The Morgan fingerprint density at radius 1 is 1.53 bits per heavy atom. The maximum absolute atomic E-state index is 9.92. The minimum absolute atomic E-state index is 0.266. The first-order valence-electron chi connectivity index (χ1n) is 6.00. The van der Waals surface area contributed by atoms with Crippen molar-refractivity contribution in [3.05, 3.63) is 39.6 Å². The monoisotopic (exact) mass is 248 g/mol. The van der Waals surface area contributed by atoms with Crippen LogP contribution in [0.25, 0.3) is 0 Å². The van der Waals surface area contributed by atoms with Crippen LogP contribution in [0, 0.1) is 6.92 Å². The number of aromatic nitrogens is 2. The predicted octanol–water partition coefficient (Wildman–Crippen LogP) is 2.67. The van der Waals surface area contributed by atoms with E-state index in [1.54, 1.807) is 11.3 Å². The molecular weight excluding hydrogens is 232 g/mol. The highest BCUT2D eigenvalue weighted by Gasteiger charge is 2.19. The molecule has 0 saturated heterocycles. The van der Waals surface area contributed by atoms with Crippen molar-refractivity contribution >= 4 is 11.3 Å². The van der Waals surface area contributed by atoms with E-state index in [-0.39, 0.29) is 6.10 Å². The molecule has 1 N–H and O–H groups in total. The molecule has 2 heterocycles. The molecule has 0 aromatic carbocycles. The Bertz CT molecular complexity index is 529. The molecule has 3 rings (SSSR count). The molecule has 3 nitrogen and oxygen atoms in total. The van der Waals surface area contributed by atoms with Gasteiger partial charge in [0.2, 0.25) is 0 Å². The average molecular weight is 248 g/mol. The lowest BCUT2D eigenvalue weighted by Crippen LogP contribution is -2.05. The third-order valence-electron chi connectivity index (χ3n) is 3.26. The summed E-state index contributed by atoms with van der Waals surface area (Å²) in [7, 11) is 0. The molecule has 90 valence electrons. The van der Waals surface area contributed by atoms with Crippen molar-refractivity contribution in [2.75, 3.05) is 0 Å². The number of aryl methyl sites for hydroxylation is 2. The molecular formula is C13H16N2OS. The maximum Gasteiger partial charge on any atom is 0.113 e. The number of rotatable bonds is 2. The standard InChI is InChI=1S/C13H16N2OS/c1-9-8-17-13(14-9)7-15-5-10-3-2-4-12(16)11(10)6-15/h5-6,8,12,16H,2-4,7H2,1H3. The number of thiazole rings is 1. The van der Waals surface area contributed by atoms with Gasteiger partial charge in [0.1, 0.15) is 5.01 Å². The zero-order valence-electron chi connectivity index (χ0n) is 9.89. The molecule has 0 aliphatic heterocycles. The molecule has 1 aliphatic rings. The smallest absolute Gasteiger partial charge is 0.113 e. The minimum atomic E-state index is -0.266. The van der Waals surface area contributed by atoms with Crippen LogP contribution >= 0.6 is 11.3 Å². The summed E-state index contributed by atoms with van der Waals surface area (Å²) in [4.78, 5) is 4.47. The van der Waals surface area contributed by atoms with E-state index in [0.717, 1.165) is 42.1 Å². The normalized spacial score (nSPS) is 19.3. The molecule has 0 radical (unpaired) electrons. The van der Waals surface area contributed by atoms with Gasteiger partial charge in [0, 0.05) is 29.0 Å². The van der Waals surface area contributed by atoms with Crippen LogP contribution in [0.2, 0.25) is 0 Å². The van der Waals surface area contributed by atoms with Crippen molar-refractivity contribution in [2.45, 2.75) is 38.8 Å². The zero-order valence-corrected chi connectivity index (χ0v) is 10.7. The van der Waals surface area contributed by atoms with E-state index < -0.39 is 0 Å². The molecule has 0 saturated carbocycles. The molecule has 1 aliphatic carbocycles. The lowest BCUT2D eigenvalue weighted by atomic mass is 9.93. The van der Waals surface area contributed by atoms with E-state index in [9.17, 15) is 5.11 Å². The van der Waals surface area contributed by atoms with Gasteiger partial charge in [0.05, 0.1) is 12.6 Å². The molecule has 0 fully saturated rings. The molecule has 1 unspecified atom stereocenters. The van der Waals surface area contributed by atoms with Crippen LogP contribution in [0.15, 0.2) is 17.8 Å². The fraction of sp³-hybridized carbons (Fsp3) is 0.462. The van der Waals surface area contributed by atoms with Crippen LogP contribution in [0.3, 0.4) is 0 Å². The van der Waals surface area contributed by atoms with Crippen LogP contribution < -0.4 is 0 Å². The Morgan fingerprint density at radius 3 is 3.12 bits per heavy atom. The fourth-order valence-corrected chi connectivity index (χ4v) is 3.23. The van der Waals surface area contributed by atoms with Crippen molar-refractivity contribution in [2.24, 2.45) is 0 Å². The van der Waals surface area contributed by atoms with Gasteiger partial charge in [0.15, 0.2) is 0 Å². The second-order valence-corrected chi connectivity index (χ2v) is 5.64. The van der Waals surface area contributed by atoms with E-state index in [1.165, 1.54) is 5.56 Å². The molecule has 2 aromatic rings. The van der Waals surface area contributed by atoms with Crippen molar-refractivity contribution in [1.82, 2.24) is 9.55 Å². The molecule has 0 spiro atoms. The largest absolute Gasteiger partial charge is 0.388 e. The van der Waals surface area contributed by atoms with Gasteiger partial charge in [-0.05, 0) is 31.7 Å². The van der Waals surface area contributed by atoms with E-state index in [4.69, 9.17) is 0 Å². The first kappa shape index (κ1) is 11.0. The number of aliphatic hydroxyl groups is 1. The molecule has 1 atom stereocenters. The van der Waals surface area contributed by atoms with Crippen LogP contribution in [-0.2, 0) is 13.0 Å². The first-order chi connectivity index (χ1) is 8.22.